The minimum Gasteiger partial charge on any atom is -0.483 e. The molecule has 39 heavy (non-hydrogen) atoms. The van der Waals surface area contributed by atoms with Gasteiger partial charge in [0, 0.05) is 53.5 Å². The summed E-state index contributed by atoms with van der Waals surface area (Å²) >= 11 is 0. The number of amides is 1. The van der Waals surface area contributed by atoms with Gasteiger partial charge in [0.1, 0.15) is 16.9 Å². The van der Waals surface area contributed by atoms with E-state index in [1.54, 1.807) is 12.3 Å². The van der Waals surface area contributed by atoms with Crippen molar-refractivity contribution in [2.24, 2.45) is 0 Å². The molecule has 0 bridgehead atoms. The lowest BCUT2D eigenvalue weighted by molar-refractivity contribution is -0.127. The number of rotatable bonds is 5. The van der Waals surface area contributed by atoms with Gasteiger partial charge in [-0.2, -0.15) is 5.10 Å². The van der Waals surface area contributed by atoms with Crippen LogP contribution in [0.4, 0.5) is 0 Å². The number of carboxylic acid groups (broad SMARTS) is 1. The number of carbonyl (C=O) groups is 2. The molecule has 0 saturated heterocycles. The third-order valence-electron chi connectivity index (χ3n) is 6.80. The van der Waals surface area contributed by atoms with Crippen molar-refractivity contribution in [1.82, 2.24) is 29.5 Å². The van der Waals surface area contributed by atoms with E-state index in [1.165, 1.54) is 0 Å². The molecule has 5 heterocycles. The van der Waals surface area contributed by atoms with Gasteiger partial charge in [0.15, 0.2) is 0 Å². The number of para-hydroxylation sites is 1. The van der Waals surface area contributed by atoms with Crippen LogP contribution in [0.25, 0.3) is 44.4 Å². The van der Waals surface area contributed by atoms with E-state index in [2.05, 4.69) is 23.0 Å². The number of aryl methyl sites for hydroxylation is 1. The molecule has 200 valence electrons. The Bertz CT molecular complexity index is 1680. The first-order valence-electron chi connectivity index (χ1n) is 12.6. The predicted molar refractivity (Wildman–Crippen MR) is 149 cm³/mol. The van der Waals surface area contributed by atoms with Crippen molar-refractivity contribution >= 4 is 34.4 Å². The summed E-state index contributed by atoms with van der Waals surface area (Å²) in [5.41, 5.74) is 7.65. The molecule has 1 aliphatic rings. The zero-order chi connectivity index (χ0) is 27.5. The highest BCUT2D eigenvalue weighted by molar-refractivity contribution is 6.03. The van der Waals surface area contributed by atoms with E-state index in [9.17, 15) is 4.79 Å². The van der Waals surface area contributed by atoms with Crippen LogP contribution in [0.3, 0.4) is 0 Å². The average molecular weight is 527 g/mol. The first kappa shape index (κ1) is 25.9. The lowest BCUT2D eigenvalue weighted by Gasteiger charge is -2.27. The molecule has 6 rings (SSSR count). The van der Waals surface area contributed by atoms with Crippen LogP contribution >= 0.6 is 0 Å². The Kier molecular flexibility index (Phi) is 7.29. The first-order chi connectivity index (χ1) is 18.9. The maximum atomic E-state index is 13.0. The highest BCUT2D eigenvalue weighted by Gasteiger charge is 2.29. The molecule has 1 aromatic carbocycles. The Morgan fingerprint density at radius 3 is 2.82 bits per heavy atom. The molecule has 0 radical (unpaired) electrons. The molecule has 0 aliphatic carbocycles. The molecular weight excluding hydrogens is 496 g/mol. The molecule has 1 aliphatic heterocycles. The van der Waals surface area contributed by atoms with Gasteiger partial charge in [0.25, 0.3) is 6.47 Å². The Morgan fingerprint density at radius 1 is 1.21 bits per heavy atom. The monoisotopic (exact) mass is 526 g/mol. The minimum absolute atomic E-state index is 0.0163. The van der Waals surface area contributed by atoms with E-state index in [0.29, 0.717) is 19.6 Å². The van der Waals surface area contributed by atoms with E-state index in [-0.39, 0.29) is 12.4 Å². The Labute approximate surface area is 225 Å². The van der Waals surface area contributed by atoms with Crippen LogP contribution in [-0.2, 0) is 22.7 Å². The van der Waals surface area contributed by atoms with Crippen molar-refractivity contribution in [3.05, 3.63) is 72.4 Å². The van der Waals surface area contributed by atoms with E-state index < -0.39 is 0 Å². The number of hydrogen-bond acceptors (Lipinski definition) is 6. The Hall–Kier alpha value is -4.70. The molecule has 10 heteroatoms. The average Bonchev–Trinajstić information content (AvgIpc) is 3.65. The zero-order valence-electron chi connectivity index (χ0n) is 22.1. The number of carbonyl (C=O) groups excluding carboxylic acids is 1. The Morgan fingerprint density at radius 2 is 2.03 bits per heavy atom. The summed E-state index contributed by atoms with van der Waals surface area (Å²) in [6.07, 6.45) is 9.11. The quantitative estimate of drug-likeness (QED) is 0.259. The molecule has 0 spiro atoms. The molecule has 0 fully saturated rings. The van der Waals surface area contributed by atoms with Crippen molar-refractivity contribution in [1.29, 1.82) is 0 Å². The number of fused-ring (bicyclic) bond motifs is 3. The molecule has 1 amide bonds. The second-order valence-electron chi connectivity index (χ2n) is 9.62. The number of aromatic nitrogens is 4. The number of likely N-dealkylation sites (N-methyl/N-ethyl adjacent to an activating group) is 1. The fraction of sp³-hybridized carbons (Fsp3) is 0.241. The van der Waals surface area contributed by atoms with Gasteiger partial charge < -0.3 is 24.3 Å². The molecular formula is C29H30N6O4. The standard InChI is InChI=1S/C28H28N6O2.CH2O2/c1-18-16-30-28-24(18)20(9-11-29-28)25-22-17-33(23(35)8-5-12-32(2)3)13-14-34(22)31-26(25)21-7-4-6-19-10-15-36-27(19)21;2-1-3/h4-11,15-16H,12-14,17H2,1-3H3,(H,29,30);1H,(H,2,3)/b8-5+;. The van der Waals surface area contributed by atoms with Gasteiger partial charge in [-0.05, 0) is 50.3 Å². The zero-order valence-corrected chi connectivity index (χ0v) is 22.1. The summed E-state index contributed by atoms with van der Waals surface area (Å²) in [4.78, 5) is 33.1. The summed E-state index contributed by atoms with van der Waals surface area (Å²) in [6.45, 7) is 4.28. The molecule has 0 saturated carbocycles. The lowest BCUT2D eigenvalue weighted by Crippen LogP contribution is -2.37. The van der Waals surface area contributed by atoms with Crippen molar-refractivity contribution in [3.8, 4) is 22.4 Å². The number of pyridine rings is 1. The summed E-state index contributed by atoms with van der Waals surface area (Å²) in [5.74, 6) is 0.0163. The summed E-state index contributed by atoms with van der Waals surface area (Å²) in [6, 6.07) is 10.1. The fourth-order valence-corrected chi connectivity index (χ4v) is 5.05. The van der Waals surface area contributed by atoms with Crippen LogP contribution < -0.4 is 0 Å². The summed E-state index contributed by atoms with van der Waals surface area (Å²) in [5, 5.41) is 14.1. The van der Waals surface area contributed by atoms with Gasteiger partial charge in [-0.15, -0.1) is 0 Å². The topological polar surface area (TPSA) is 120 Å². The number of nitrogens with zero attached hydrogens (tertiary/aromatic N) is 5. The highest BCUT2D eigenvalue weighted by atomic mass is 16.3. The molecule has 2 N–H and O–H groups in total. The second kappa shape index (κ2) is 11.0. The van der Waals surface area contributed by atoms with E-state index >= 15 is 0 Å². The van der Waals surface area contributed by atoms with Gasteiger partial charge in [-0.1, -0.05) is 18.2 Å². The molecule has 0 atom stereocenters. The van der Waals surface area contributed by atoms with Gasteiger partial charge in [-0.25, -0.2) is 4.98 Å². The Balaban J connectivity index is 0.000000983. The fourth-order valence-electron chi connectivity index (χ4n) is 5.05. The van der Waals surface area contributed by atoms with E-state index in [0.717, 1.165) is 62.2 Å². The number of aromatic amines is 1. The number of H-pyrrole nitrogens is 1. The maximum Gasteiger partial charge on any atom is 0.290 e. The SMILES string of the molecule is Cc1c[nH]c2nccc(-c3c(-c4cccc5ccoc45)nn4c3CN(C(=O)/C=C/CN(C)C)CC4)c12.O=CO. The van der Waals surface area contributed by atoms with E-state index in [4.69, 9.17) is 19.4 Å². The van der Waals surface area contributed by atoms with Gasteiger partial charge in [0.05, 0.1) is 25.0 Å². The first-order valence-corrected chi connectivity index (χ1v) is 12.6. The van der Waals surface area contributed by atoms with Crippen molar-refractivity contribution in [2.45, 2.75) is 20.0 Å². The summed E-state index contributed by atoms with van der Waals surface area (Å²) in [7, 11) is 3.97. The lowest BCUT2D eigenvalue weighted by atomic mass is 9.95. The number of benzene rings is 1. The third-order valence-corrected chi connectivity index (χ3v) is 6.80. The predicted octanol–water partition coefficient (Wildman–Crippen LogP) is 4.31. The number of nitrogens with one attached hydrogen (secondary N) is 1. The largest absolute Gasteiger partial charge is 0.483 e. The molecule has 10 nitrogen and oxygen atoms in total. The van der Waals surface area contributed by atoms with Crippen LogP contribution in [0.2, 0.25) is 0 Å². The molecule has 0 unspecified atom stereocenters. The third kappa shape index (κ3) is 4.94. The van der Waals surface area contributed by atoms with E-state index in [1.807, 2.05) is 71.3 Å². The summed E-state index contributed by atoms with van der Waals surface area (Å²) < 4.78 is 7.95. The van der Waals surface area contributed by atoms with Gasteiger partial charge >= 0.3 is 0 Å². The van der Waals surface area contributed by atoms with Crippen LogP contribution in [-0.4, -0.2) is 74.2 Å². The van der Waals surface area contributed by atoms with Gasteiger partial charge in [-0.3, -0.25) is 14.3 Å². The smallest absolute Gasteiger partial charge is 0.290 e. The van der Waals surface area contributed by atoms with Crippen LogP contribution in [0.5, 0.6) is 0 Å². The van der Waals surface area contributed by atoms with Crippen LogP contribution in [0.15, 0.2) is 65.6 Å². The van der Waals surface area contributed by atoms with Crippen LogP contribution in [0.1, 0.15) is 11.3 Å². The molecule has 4 aromatic heterocycles. The number of hydrogen-bond donors (Lipinski definition) is 2. The van der Waals surface area contributed by atoms with Gasteiger partial charge in [0.2, 0.25) is 5.91 Å². The van der Waals surface area contributed by atoms with Crippen molar-refractivity contribution in [2.75, 3.05) is 27.2 Å². The van der Waals surface area contributed by atoms with Crippen molar-refractivity contribution in [3.63, 3.8) is 0 Å². The highest BCUT2D eigenvalue weighted by Crippen LogP contribution is 2.42. The normalized spacial score (nSPS) is 13.2. The van der Waals surface area contributed by atoms with Crippen LogP contribution in [0, 0.1) is 6.92 Å². The number of furan rings is 1. The second-order valence-corrected chi connectivity index (χ2v) is 9.62. The molecule has 5 aromatic rings. The minimum atomic E-state index is -0.250. The van der Waals surface area contributed by atoms with Crippen molar-refractivity contribution < 1.29 is 19.1 Å². The maximum absolute atomic E-state index is 13.0.